The van der Waals surface area contributed by atoms with Gasteiger partial charge in [-0.25, -0.2) is 0 Å². The highest BCUT2D eigenvalue weighted by molar-refractivity contribution is 4.93. The Labute approximate surface area is 103 Å². The van der Waals surface area contributed by atoms with Crippen LogP contribution in [0.1, 0.15) is 51.2 Å². The van der Waals surface area contributed by atoms with Crippen molar-refractivity contribution in [2.75, 3.05) is 6.54 Å². The van der Waals surface area contributed by atoms with Crippen molar-refractivity contribution in [3.63, 3.8) is 0 Å². The Morgan fingerprint density at radius 1 is 1.41 bits per heavy atom. The second-order valence-electron chi connectivity index (χ2n) is 5.02. The predicted molar refractivity (Wildman–Crippen MR) is 66.8 cm³/mol. The third-order valence-corrected chi connectivity index (χ3v) is 3.28. The highest BCUT2D eigenvalue weighted by Crippen LogP contribution is 2.31. The molecule has 1 N–H and O–H groups in total. The van der Waals surface area contributed by atoms with E-state index in [9.17, 15) is 0 Å². The van der Waals surface area contributed by atoms with Gasteiger partial charge in [0.15, 0.2) is 5.82 Å². The highest BCUT2D eigenvalue weighted by atomic mass is 16.5. The van der Waals surface area contributed by atoms with E-state index in [-0.39, 0.29) is 0 Å². The first-order chi connectivity index (χ1) is 8.31. The van der Waals surface area contributed by atoms with E-state index in [1.54, 1.807) is 0 Å². The molecule has 96 valence electrons. The number of aromatic nitrogens is 2. The zero-order chi connectivity index (χ0) is 12.1. The smallest absolute Gasteiger partial charge is 0.228 e. The van der Waals surface area contributed by atoms with Crippen molar-refractivity contribution in [2.45, 2.75) is 58.4 Å². The summed E-state index contributed by atoms with van der Waals surface area (Å²) >= 11 is 0. The Bertz CT molecular complexity index is 333. The minimum Gasteiger partial charge on any atom is -0.339 e. The molecule has 1 atom stereocenters. The van der Waals surface area contributed by atoms with E-state index in [1.165, 1.54) is 12.8 Å². The average molecular weight is 237 g/mol. The molecule has 4 heteroatoms. The summed E-state index contributed by atoms with van der Waals surface area (Å²) < 4.78 is 5.30. The summed E-state index contributed by atoms with van der Waals surface area (Å²) in [5.74, 6) is 2.50. The molecule has 1 heterocycles. The standard InChI is InChI=1S/C13H23N3O/c1-3-7-14-11(4-2)9-13-15-12(16-17-13)8-10-5-6-10/h10-11,14H,3-9H2,1-2H3. The van der Waals surface area contributed by atoms with Crippen LogP contribution in [0.4, 0.5) is 0 Å². The molecule has 1 fully saturated rings. The molecule has 1 aromatic heterocycles. The van der Waals surface area contributed by atoms with E-state index in [2.05, 4.69) is 29.3 Å². The number of rotatable bonds is 8. The lowest BCUT2D eigenvalue weighted by molar-refractivity contribution is 0.350. The van der Waals surface area contributed by atoms with Crippen LogP contribution in [0.15, 0.2) is 4.52 Å². The van der Waals surface area contributed by atoms with Crippen LogP contribution < -0.4 is 5.32 Å². The van der Waals surface area contributed by atoms with Crippen molar-refractivity contribution in [3.8, 4) is 0 Å². The SMILES string of the molecule is CCCNC(CC)Cc1nc(CC2CC2)no1. The van der Waals surface area contributed by atoms with Crippen molar-refractivity contribution >= 4 is 0 Å². The molecular weight excluding hydrogens is 214 g/mol. The van der Waals surface area contributed by atoms with E-state index in [0.29, 0.717) is 6.04 Å². The van der Waals surface area contributed by atoms with Gasteiger partial charge in [-0.05, 0) is 38.1 Å². The molecule has 4 nitrogen and oxygen atoms in total. The van der Waals surface area contributed by atoms with Crippen LogP contribution in [0.3, 0.4) is 0 Å². The fourth-order valence-corrected chi connectivity index (χ4v) is 1.96. The number of hydrogen-bond donors (Lipinski definition) is 1. The molecule has 17 heavy (non-hydrogen) atoms. The summed E-state index contributed by atoms with van der Waals surface area (Å²) in [6.07, 6.45) is 6.78. The predicted octanol–water partition coefficient (Wildman–Crippen LogP) is 2.34. The summed E-state index contributed by atoms with van der Waals surface area (Å²) in [6, 6.07) is 0.462. The molecule has 0 aromatic carbocycles. The van der Waals surface area contributed by atoms with Gasteiger partial charge in [-0.15, -0.1) is 0 Å². The lowest BCUT2D eigenvalue weighted by Gasteiger charge is -2.13. The molecule has 0 aliphatic heterocycles. The van der Waals surface area contributed by atoms with Crippen LogP contribution in [-0.2, 0) is 12.8 Å². The summed E-state index contributed by atoms with van der Waals surface area (Å²) in [5.41, 5.74) is 0. The van der Waals surface area contributed by atoms with Crippen LogP contribution >= 0.6 is 0 Å². The minimum atomic E-state index is 0.462. The highest BCUT2D eigenvalue weighted by Gasteiger charge is 2.24. The Balaban J connectivity index is 1.81. The maximum absolute atomic E-state index is 5.30. The maximum Gasteiger partial charge on any atom is 0.228 e. The molecule has 0 radical (unpaired) electrons. The number of hydrogen-bond acceptors (Lipinski definition) is 4. The van der Waals surface area contributed by atoms with Crippen LogP contribution in [0, 0.1) is 5.92 Å². The Morgan fingerprint density at radius 2 is 2.24 bits per heavy atom. The van der Waals surface area contributed by atoms with E-state index in [1.807, 2.05) is 0 Å². The van der Waals surface area contributed by atoms with Crippen LogP contribution in [0.2, 0.25) is 0 Å². The quantitative estimate of drug-likeness (QED) is 0.754. The molecular formula is C13H23N3O. The fraction of sp³-hybridized carbons (Fsp3) is 0.846. The van der Waals surface area contributed by atoms with Crippen molar-refractivity contribution in [1.82, 2.24) is 15.5 Å². The summed E-state index contributed by atoms with van der Waals surface area (Å²) in [5, 5.41) is 7.55. The molecule has 0 amide bonds. The van der Waals surface area contributed by atoms with E-state index >= 15 is 0 Å². The van der Waals surface area contributed by atoms with Gasteiger partial charge in [0.05, 0.1) is 0 Å². The topological polar surface area (TPSA) is 51.0 Å². The van der Waals surface area contributed by atoms with Gasteiger partial charge in [-0.1, -0.05) is 19.0 Å². The lowest BCUT2D eigenvalue weighted by Crippen LogP contribution is -2.31. The zero-order valence-electron chi connectivity index (χ0n) is 10.9. The summed E-state index contributed by atoms with van der Waals surface area (Å²) in [4.78, 5) is 4.47. The molecule has 1 aliphatic rings. The first kappa shape index (κ1) is 12.6. The Morgan fingerprint density at radius 3 is 2.88 bits per heavy atom. The third kappa shape index (κ3) is 4.11. The molecule has 1 unspecified atom stereocenters. The Hall–Kier alpha value is -0.900. The van der Waals surface area contributed by atoms with Crippen LogP contribution in [0.5, 0.6) is 0 Å². The first-order valence-electron chi connectivity index (χ1n) is 6.86. The second kappa shape index (κ2) is 6.15. The fourth-order valence-electron chi connectivity index (χ4n) is 1.96. The maximum atomic E-state index is 5.30. The molecule has 2 rings (SSSR count). The van der Waals surface area contributed by atoms with E-state index in [4.69, 9.17) is 4.52 Å². The van der Waals surface area contributed by atoms with Gasteiger partial charge >= 0.3 is 0 Å². The number of nitrogens with zero attached hydrogens (tertiary/aromatic N) is 2. The third-order valence-electron chi connectivity index (χ3n) is 3.28. The molecule has 1 aromatic rings. The number of nitrogens with one attached hydrogen (secondary N) is 1. The zero-order valence-corrected chi connectivity index (χ0v) is 10.9. The monoisotopic (exact) mass is 237 g/mol. The van der Waals surface area contributed by atoms with Crippen molar-refractivity contribution in [2.24, 2.45) is 5.92 Å². The van der Waals surface area contributed by atoms with Crippen LogP contribution in [-0.4, -0.2) is 22.7 Å². The average Bonchev–Trinajstić information content (AvgIpc) is 3.04. The van der Waals surface area contributed by atoms with Gasteiger partial charge in [0.25, 0.3) is 0 Å². The first-order valence-corrected chi connectivity index (χ1v) is 6.86. The van der Waals surface area contributed by atoms with Crippen molar-refractivity contribution in [1.29, 1.82) is 0 Å². The lowest BCUT2D eigenvalue weighted by atomic mass is 10.1. The van der Waals surface area contributed by atoms with Crippen LogP contribution in [0.25, 0.3) is 0 Å². The molecule has 0 saturated heterocycles. The Kier molecular flexibility index (Phi) is 4.54. The van der Waals surface area contributed by atoms with Crippen molar-refractivity contribution < 1.29 is 4.52 Å². The van der Waals surface area contributed by atoms with Gasteiger partial charge in [-0.3, -0.25) is 0 Å². The molecule has 1 saturated carbocycles. The van der Waals surface area contributed by atoms with Crippen molar-refractivity contribution in [3.05, 3.63) is 11.7 Å². The minimum absolute atomic E-state index is 0.462. The van der Waals surface area contributed by atoms with E-state index < -0.39 is 0 Å². The van der Waals surface area contributed by atoms with Gasteiger partial charge in [0.2, 0.25) is 5.89 Å². The summed E-state index contributed by atoms with van der Waals surface area (Å²) in [6.45, 7) is 5.43. The molecule has 0 spiro atoms. The van der Waals surface area contributed by atoms with Gasteiger partial charge < -0.3 is 9.84 Å². The van der Waals surface area contributed by atoms with E-state index in [0.717, 1.165) is 49.9 Å². The molecule has 1 aliphatic carbocycles. The van der Waals surface area contributed by atoms with Gasteiger partial charge in [0, 0.05) is 18.9 Å². The largest absolute Gasteiger partial charge is 0.339 e. The second-order valence-corrected chi connectivity index (χ2v) is 5.02. The summed E-state index contributed by atoms with van der Waals surface area (Å²) in [7, 11) is 0. The van der Waals surface area contributed by atoms with Gasteiger partial charge in [-0.2, -0.15) is 4.98 Å². The van der Waals surface area contributed by atoms with Gasteiger partial charge in [0.1, 0.15) is 0 Å². The molecule has 0 bridgehead atoms. The normalized spacial score (nSPS) is 17.3.